The predicted octanol–water partition coefficient (Wildman–Crippen LogP) is 1.87. The van der Waals surface area contributed by atoms with Gasteiger partial charge < -0.3 is 5.32 Å². The van der Waals surface area contributed by atoms with Crippen LogP contribution in [0.25, 0.3) is 0 Å². The number of benzene rings is 2. The van der Waals surface area contributed by atoms with Gasteiger partial charge in [-0.2, -0.15) is 13.5 Å². The molecule has 2 aromatic carbocycles. The van der Waals surface area contributed by atoms with Crippen LogP contribution in [0, 0.1) is 10.1 Å². The molecular formula is C15H14N4O5S. The SMILES string of the molecule is CC(=O)Nc1ccc(S(=O)(=O)NN=Cc2cccc([N+](=O)[O-])c2)cc1. The summed E-state index contributed by atoms with van der Waals surface area (Å²) >= 11 is 0. The maximum atomic E-state index is 12.1. The van der Waals surface area contributed by atoms with Crippen molar-refractivity contribution in [1.82, 2.24) is 4.83 Å². The van der Waals surface area contributed by atoms with E-state index in [0.29, 0.717) is 11.3 Å². The first kappa shape index (κ1) is 18.1. The van der Waals surface area contributed by atoms with Crippen molar-refractivity contribution in [2.24, 2.45) is 5.10 Å². The Kier molecular flexibility index (Phi) is 5.45. The lowest BCUT2D eigenvalue weighted by atomic mass is 10.2. The summed E-state index contributed by atoms with van der Waals surface area (Å²) in [5.41, 5.74) is 0.713. The van der Waals surface area contributed by atoms with Gasteiger partial charge in [0.15, 0.2) is 0 Å². The monoisotopic (exact) mass is 362 g/mol. The van der Waals surface area contributed by atoms with Gasteiger partial charge in [-0.15, -0.1) is 0 Å². The molecule has 0 spiro atoms. The van der Waals surface area contributed by atoms with Crippen molar-refractivity contribution in [3.8, 4) is 0 Å². The second kappa shape index (κ2) is 7.53. The standard InChI is InChI=1S/C15H14N4O5S/c1-11(20)17-13-5-7-15(8-6-13)25(23,24)18-16-10-12-3-2-4-14(9-12)19(21)22/h2-10,18H,1H3,(H,17,20). The average Bonchev–Trinajstić information content (AvgIpc) is 2.55. The van der Waals surface area contributed by atoms with Gasteiger partial charge in [0.1, 0.15) is 0 Å². The van der Waals surface area contributed by atoms with Crippen LogP contribution in [-0.2, 0) is 14.8 Å². The number of rotatable bonds is 6. The molecule has 0 fully saturated rings. The molecule has 2 rings (SSSR count). The second-order valence-corrected chi connectivity index (χ2v) is 6.57. The molecule has 0 aliphatic rings. The van der Waals surface area contributed by atoms with E-state index in [-0.39, 0.29) is 16.5 Å². The fourth-order valence-corrected chi connectivity index (χ4v) is 2.65. The summed E-state index contributed by atoms with van der Waals surface area (Å²) in [5, 5.41) is 16.8. The highest BCUT2D eigenvalue weighted by Crippen LogP contribution is 2.14. The van der Waals surface area contributed by atoms with Gasteiger partial charge >= 0.3 is 0 Å². The van der Waals surface area contributed by atoms with E-state index in [9.17, 15) is 23.3 Å². The summed E-state index contributed by atoms with van der Waals surface area (Å²) in [6.07, 6.45) is 1.16. The minimum absolute atomic E-state index is 0.0437. The number of carbonyl (C=O) groups excluding carboxylic acids is 1. The molecule has 2 N–H and O–H groups in total. The first-order valence-corrected chi connectivity index (χ1v) is 8.43. The molecule has 0 aliphatic carbocycles. The zero-order chi connectivity index (χ0) is 18.4. The first-order chi connectivity index (χ1) is 11.8. The van der Waals surface area contributed by atoms with Crippen molar-refractivity contribution in [2.75, 3.05) is 5.32 Å². The summed E-state index contributed by atoms with van der Waals surface area (Å²) in [6, 6.07) is 11.1. The van der Waals surface area contributed by atoms with Crippen LogP contribution in [-0.4, -0.2) is 25.5 Å². The van der Waals surface area contributed by atoms with Crippen LogP contribution < -0.4 is 10.1 Å². The number of amides is 1. The summed E-state index contributed by atoms with van der Waals surface area (Å²) in [5.74, 6) is -0.268. The van der Waals surface area contributed by atoms with Crippen LogP contribution in [0.2, 0.25) is 0 Å². The van der Waals surface area contributed by atoms with E-state index in [2.05, 4.69) is 10.4 Å². The van der Waals surface area contributed by atoms with Crippen molar-refractivity contribution in [2.45, 2.75) is 11.8 Å². The van der Waals surface area contributed by atoms with Gasteiger partial charge in [-0.1, -0.05) is 12.1 Å². The minimum atomic E-state index is -3.90. The lowest BCUT2D eigenvalue weighted by Crippen LogP contribution is -2.18. The number of non-ortho nitro benzene ring substituents is 1. The van der Waals surface area contributed by atoms with E-state index in [1.807, 2.05) is 4.83 Å². The molecule has 0 atom stereocenters. The van der Waals surface area contributed by atoms with Crippen LogP contribution in [0.4, 0.5) is 11.4 Å². The minimum Gasteiger partial charge on any atom is -0.326 e. The molecule has 0 heterocycles. The summed E-state index contributed by atoms with van der Waals surface area (Å²) in [7, 11) is -3.90. The number of sulfonamides is 1. The molecule has 10 heteroatoms. The Bertz CT molecular complexity index is 923. The van der Waals surface area contributed by atoms with Crippen molar-refractivity contribution in [1.29, 1.82) is 0 Å². The molecule has 1 amide bonds. The van der Waals surface area contributed by atoms with E-state index in [1.165, 1.54) is 49.4 Å². The van der Waals surface area contributed by atoms with Gasteiger partial charge in [0.25, 0.3) is 15.7 Å². The quantitative estimate of drug-likeness (QED) is 0.460. The Balaban J connectivity index is 2.09. The smallest absolute Gasteiger partial charge is 0.276 e. The lowest BCUT2D eigenvalue weighted by molar-refractivity contribution is -0.384. The van der Waals surface area contributed by atoms with Gasteiger partial charge in [0.2, 0.25) is 5.91 Å². The number of nitro benzene ring substituents is 1. The number of nitrogens with one attached hydrogen (secondary N) is 2. The summed E-state index contributed by atoms with van der Waals surface area (Å²) in [6.45, 7) is 1.34. The van der Waals surface area contributed by atoms with Crippen LogP contribution in [0.3, 0.4) is 0 Å². The molecule has 9 nitrogen and oxygen atoms in total. The van der Waals surface area contributed by atoms with Crippen molar-refractivity contribution in [3.63, 3.8) is 0 Å². The third-order valence-electron chi connectivity index (χ3n) is 2.95. The zero-order valence-electron chi connectivity index (χ0n) is 13.0. The normalized spacial score (nSPS) is 11.2. The number of nitro groups is 1. The maximum Gasteiger partial charge on any atom is 0.276 e. The molecule has 0 radical (unpaired) electrons. The van der Waals surface area contributed by atoms with Crippen molar-refractivity contribution in [3.05, 3.63) is 64.2 Å². The number of hydrogen-bond donors (Lipinski definition) is 2. The van der Waals surface area contributed by atoms with Gasteiger partial charge in [0.05, 0.1) is 16.0 Å². The van der Waals surface area contributed by atoms with Crippen LogP contribution >= 0.6 is 0 Å². The second-order valence-electron chi connectivity index (χ2n) is 4.91. The van der Waals surface area contributed by atoms with E-state index in [4.69, 9.17) is 0 Å². The Hall–Kier alpha value is -3.27. The summed E-state index contributed by atoms with van der Waals surface area (Å²) < 4.78 is 24.2. The topological polar surface area (TPSA) is 131 Å². The van der Waals surface area contributed by atoms with Gasteiger partial charge in [0, 0.05) is 30.3 Å². The van der Waals surface area contributed by atoms with Crippen LogP contribution in [0.15, 0.2) is 58.5 Å². The predicted molar refractivity (Wildman–Crippen MR) is 91.8 cm³/mol. The fourth-order valence-electron chi connectivity index (χ4n) is 1.86. The first-order valence-electron chi connectivity index (χ1n) is 6.95. The Labute approximate surface area is 143 Å². The third-order valence-corrected chi connectivity index (χ3v) is 4.19. The van der Waals surface area contributed by atoms with Gasteiger partial charge in [-0.05, 0) is 24.3 Å². The van der Waals surface area contributed by atoms with E-state index >= 15 is 0 Å². The van der Waals surface area contributed by atoms with Gasteiger partial charge in [-0.3, -0.25) is 14.9 Å². The van der Waals surface area contributed by atoms with E-state index in [1.54, 1.807) is 6.07 Å². The molecule has 0 unspecified atom stereocenters. The molecule has 130 valence electrons. The zero-order valence-corrected chi connectivity index (χ0v) is 13.9. The van der Waals surface area contributed by atoms with Crippen LogP contribution in [0.5, 0.6) is 0 Å². The summed E-state index contributed by atoms with van der Waals surface area (Å²) in [4.78, 5) is 23.0. The highest BCUT2D eigenvalue weighted by molar-refractivity contribution is 7.89. The molecule has 0 saturated heterocycles. The molecule has 0 aromatic heterocycles. The van der Waals surface area contributed by atoms with Crippen molar-refractivity contribution < 1.29 is 18.1 Å². The molecule has 25 heavy (non-hydrogen) atoms. The fraction of sp³-hybridized carbons (Fsp3) is 0.0667. The van der Waals surface area contributed by atoms with E-state index < -0.39 is 14.9 Å². The largest absolute Gasteiger partial charge is 0.326 e. The number of hydrazone groups is 1. The molecule has 0 bridgehead atoms. The van der Waals surface area contributed by atoms with Crippen LogP contribution in [0.1, 0.15) is 12.5 Å². The molecule has 0 aliphatic heterocycles. The Morgan fingerprint density at radius 1 is 1.20 bits per heavy atom. The average molecular weight is 362 g/mol. The Morgan fingerprint density at radius 2 is 1.88 bits per heavy atom. The van der Waals surface area contributed by atoms with Crippen molar-refractivity contribution >= 4 is 33.5 Å². The molecule has 2 aromatic rings. The maximum absolute atomic E-state index is 12.1. The molecular weight excluding hydrogens is 348 g/mol. The van der Waals surface area contributed by atoms with E-state index in [0.717, 1.165) is 6.21 Å². The highest BCUT2D eigenvalue weighted by Gasteiger charge is 2.12. The van der Waals surface area contributed by atoms with Gasteiger partial charge in [-0.25, -0.2) is 4.83 Å². The number of carbonyl (C=O) groups is 1. The number of anilines is 1. The lowest BCUT2D eigenvalue weighted by Gasteiger charge is -2.05. The number of nitrogens with zero attached hydrogens (tertiary/aromatic N) is 2. The third kappa shape index (κ3) is 5.11. The highest BCUT2D eigenvalue weighted by atomic mass is 32.2. The Morgan fingerprint density at radius 3 is 2.48 bits per heavy atom. The molecule has 0 saturated carbocycles. The number of hydrogen-bond acceptors (Lipinski definition) is 6.